The van der Waals surface area contributed by atoms with E-state index in [0.717, 1.165) is 16.7 Å². The van der Waals surface area contributed by atoms with Crippen LogP contribution in [0.2, 0.25) is 0 Å². The summed E-state index contributed by atoms with van der Waals surface area (Å²) in [6, 6.07) is 15.5. The van der Waals surface area contributed by atoms with Gasteiger partial charge in [0.05, 0.1) is 19.8 Å². The minimum atomic E-state index is -0.0638. The number of carbonyl (C=O) groups excluding carboxylic acids is 1. The average molecular weight is 295 g/mol. The predicted molar refractivity (Wildman–Crippen MR) is 85.8 cm³/mol. The maximum atomic E-state index is 12.3. The van der Waals surface area contributed by atoms with Crippen LogP contribution < -0.4 is 14.8 Å². The molecule has 4 nitrogen and oxygen atoms in total. The molecule has 2 aromatic rings. The monoisotopic (exact) mass is 295 g/mol. The van der Waals surface area contributed by atoms with E-state index in [4.69, 9.17) is 9.47 Å². The first-order valence-electron chi connectivity index (χ1n) is 7.03. The van der Waals surface area contributed by atoms with Gasteiger partial charge in [0.25, 0.3) is 5.91 Å². The molecule has 0 aromatic heterocycles. The highest BCUT2D eigenvalue weighted by Gasteiger charge is 2.25. The maximum absolute atomic E-state index is 12.3. The number of hydrogen-bond acceptors (Lipinski definition) is 3. The van der Waals surface area contributed by atoms with Crippen LogP contribution in [0.5, 0.6) is 11.5 Å². The van der Waals surface area contributed by atoms with Crippen molar-refractivity contribution < 1.29 is 14.3 Å². The minimum absolute atomic E-state index is 0.0638. The highest BCUT2D eigenvalue weighted by molar-refractivity contribution is 6.30. The molecule has 0 aliphatic carbocycles. The Labute approximate surface area is 129 Å². The molecule has 0 saturated carbocycles. The van der Waals surface area contributed by atoms with E-state index in [2.05, 4.69) is 5.32 Å². The van der Waals surface area contributed by atoms with Crippen LogP contribution in [0.25, 0.3) is 11.1 Å². The maximum Gasteiger partial charge on any atom is 0.252 e. The van der Waals surface area contributed by atoms with E-state index in [0.29, 0.717) is 23.6 Å². The molecule has 0 radical (unpaired) electrons. The molecule has 2 aromatic carbocycles. The van der Waals surface area contributed by atoms with Gasteiger partial charge >= 0.3 is 0 Å². The lowest BCUT2D eigenvalue weighted by atomic mass is 9.96. The minimum Gasteiger partial charge on any atom is -0.493 e. The van der Waals surface area contributed by atoms with Gasteiger partial charge in [0.2, 0.25) is 0 Å². The zero-order valence-corrected chi connectivity index (χ0v) is 12.6. The fraction of sp³-hybridized carbons (Fsp3) is 0.167. The topological polar surface area (TPSA) is 47.6 Å². The van der Waals surface area contributed by atoms with Crippen LogP contribution in [0.15, 0.2) is 48.5 Å². The van der Waals surface area contributed by atoms with Crippen molar-refractivity contribution in [2.24, 2.45) is 0 Å². The normalized spacial score (nSPS) is 14.0. The lowest BCUT2D eigenvalue weighted by Crippen LogP contribution is -2.17. The van der Waals surface area contributed by atoms with Gasteiger partial charge in [0.1, 0.15) is 0 Å². The van der Waals surface area contributed by atoms with Crippen molar-refractivity contribution in [3.63, 3.8) is 0 Å². The second-order valence-corrected chi connectivity index (χ2v) is 4.97. The Morgan fingerprint density at radius 3 is 2.32 bits per heavy atom. The Hall–Kier alpha value is -2.75. The summed E-state index contributed by atoms with van der Waals surface area (Å²) in [7, 11) is 3.18. The Balaban J connectivity index is 2.13. The van der Waals surface area contributed by atoms with Gasteiger partial charge in [-0.1, -0.05) is 36.4 Å². The molecule has 22 heavy (non-hydrogen) atoms. The number of benzene rings is 2. The molecule has 1 heterocycles. The summed E-state index contributed by atoms with van der Waals surface area (Å²) >= 11 is 0. The number of rotatable bonds is 4. The summed E-state index contributed by atoms with van der Waals surface area (Å²) in [4.78, 5) is 12.3. The number of amides is 1. The van der Waals surface area contributed by atoms with Crippen molar-refractivity contribution in [2.45, 2.75) is 0 Å². The fourth-order valence-electron chi connectivity index (χ4n) is 2.67. The zero-order chi connectivity index (χ0) is 15.5. The van der Waals surface area contributed by atoms with E-state index in [1.807, 2.05) is 48.5 Å². The third-order valence-electron chi connectivity index (χ3n) is 3.75. The largest absolute Gasteiger partial charge is 0.493 e. The van der Waals surface area contributed by atoms with E-state index in [1.54, 1.807) is 14.2 Å². The molecule has 1 aliphatic rings. The van der Waals surface area contributed by atoms with Gasteiger partial charge < -0.3 is 14.8 Å². The molecule has 4 heteroatoms. The van der Waals surface area contributed by atoms with E-state index in [-0.39, 0.29) is 5.91 Å². The van der Waals surface area contributed by atoms with Crippen LogP contribution in [-0.4, -0.2) is 26.7 Å². The van der Waals surface area contributed by atoms with Gasteiger partial charge in [0, 0.05) is 6.54 Å². The molecule has 0 fully saturated rings. The van der Waals surface area contributed by atoms with Crippen LogP contribution in [0.1, 0.15) is 11.1 Å². The fourth-order valence-corrected chi connectivity index (χ4v) is 2.67. The molecular weight excluding hydrogens is 278 g/mol. The molecule has 0 spiro atoms. The van der Waals surface area contributed by atoms with Gasteiger partial charge in [-0.2, -0.15) is 0 Å². The predicted octanol–water partition coefficient (Wildman–Crippen LogP) is 2.74. The zero-order valence-electron chi connectivity index (χ0n) is 12.6. The van der Waals surface area contributed by atoms with Crippen molar-refractivity contribution in [3.05, 3.63) is 59.7 Å². The highest BCUT2D eigenvalue weighted by Crippen LogP contribution is 2.35. The average Bonchev–Trinajstić information content (AvgIpc) is 2.96. The molecular formula is C18H17NO3. The van der Waals surface area contributed by atoms with Crippen LogP contribution in [-0.2, 0) is 4.79 Å². The van der Waals surface area contributed by atoms with Gasteiger partial charge in [0.15, 0.2) is 11.5 Å². The molecule has 1 N–H and O–H groups in total. The molecule has 0 unspecified atom stereocenters. The molecule has 0 saturated heterocycles. The van der Waals surface area contributed by atoms with Crippen molar-refractivity contribution in [1.82, 2.24) is 5.32 Å². The molecule has 0 atom stereocenters. The van der Waals surface area contributed by atoms with Crippen LogP contribution >= 0.6 is 0 Å². The third kappa shape index (κ3) is 2.44. The third-order valence-corrected chi connectivity index (χ3v) is 3.75. The summed E-state index contributed by atoms with van der Waals surface area (Å²) in [6.07, 6.45) is 0. The number of carbonyl (C=O) groups is 1. The first-order chi connectivity index (χ1) is 10.7. The van der Waals surface area contributed by atoms with Crippen molar-refractivity contribution in [3.8, 4) is 11.5 Å². The first kappa shape index (κ1) is 14.2. The van der Waals surface area contributed by atoms with Gasteiger partial charge in [-0.15, -0.1) is 0 Å². The van der Waals surface area contributed by atoms with Gasteiger partial charge in [-0.3, -0.25) is 4.79 Å². The summed E-state index contributed by atoms with van der Waals surface area (Å²) in [5, 5.41) is 2.90. The van der Waals surface area contributed by atoms with E-state index in [1.165, 1.54) is 0 Å². The Morgan fingerprint density at radius 2 is 1.64 bits per heavy atom. The van der Waals surface area contributed by atoms with Crippen LogP contribution in [0, 0.1) is 0 Å². The summed E-state index contributed by atoms with van der Waals surface area (Å²) in [5.74, 6) is 1.19. The lowest BCUT2D eigenvalue weighted by Gasteiger charge is -2.11. The molecule has 112 valence electrons. The number of ether oxygens (including phenoxy) is 2. The lowest BCUT2D eigenvalue weighted by molar-refractivity contribution is -0.114. The van der Waals surface area contributed by atoms with E-state index in [9.17, 15) is 4.79 Å². The Bertz CT molecular complexity index is 735. The molecule has 3 rings (SSSR count). The summed E-state index contributed by atoms with van der Waals surface area (Å²) in [6.45, 7) is 0.534. The standard InChI is InChI=1S/C18H17NO3/c1-21-15-9-8-13(10-16(15)22-2)17-14(11-19-18(17)20)12-6-4-3-5-7-12/h3-10H,11H2,1-2H3,(H,19,20). The molecule has 1 amide bonds. The van der Waals surface area contributed by atoms with E-state index >= 15 is 0 Å². The Morgan fingerprint density at radius 1 is 0.909 bits per heavy atom. The highest BCUT2D eigenvalue weighted by atomic mass is 16.5. The van der Waals surface area contributed by atoms with Crippen LogP contribution in [0.3, 0.4) is 0 Å². The van der Waals surface area contributed by atoms with E-state index < -0.39 is 0 Å². The number of hydrogen-bond donors (Lipinski definition) is 1. The first-order valence-corrected chi connectivity index (χ1v) is 7.03. The van der Waals surface area contributed by atoms with Crippen molar-refractivity contribution in [1.29, 1.82) is 0 Å². The van der Waals surface area contributed by atoms with Gasteiger partial charge in [-0.25, -0.2) is 0 Å². The number of methoxy groups -OCH3 is 2. The van der Waals surface area contributed by atoms with Crippen molar-refractivity contribution >= 4 is 17.1 Å². The molecule has 0 bridgehead atoms. The van der Waals surface area contributed by atoms with Gasteiger partial charge in [-0.05, 0) is 28.8 Å². The second kappa shape index (κ2) is 5.93. The van der Waals surface area contributed by atoms with Crippen LogP contribution in [0.4, 0.5) is 0 Å². The second-order valence-electron chi connectivity index (χ2n) is 4.97. The quantitative estimate of drug-likeness (QED) is 0.943. The smallest absolute Gasteiger partial charge is 0.252 e. The summed E-state index contributed by atoms with van der Waals surface area (Å²) in [5.41, 5.74) is 3.56. The van der Waals surface area contributed by atoms with Crippen molar-refractivity contribution in [2.75, 3.05) is 20.8 Å². The molecule has 1 aliphatic heterocycles. The summed E-state index contributed by atoms with van der Waals surface area (Å²) < 4.78 is 10.6. The number of nitrogens with one attached hydrogen (secondary N) is 1. The SMILES string of the molecule is COc1ccc(C2=C(c3ccccc3)CNC2=O)cc1OC. The Kier molecular flexibility index (Phi) is 3.83.